The molecule has 274 valence electrons. The predicted molar refractivity (Wildman–Crippen MR) is 199 cm³/mol. The van der Waals surface area contributed by atoms with E-state index in [0.717, 1.165) is 89.9 Å². The normalized spacial score (nSPS) is 16.5. The monoisotopic (exact) mass is 709 g/mol. The number of carbonyl (C=O) groups excluding carboxylic acids is 2. The van der Waals surface area contributed by atoms with Crippen molar-refractivity contribution in [3.63, 3.8) is 0 Å². The van der Waals surface area contributed by atoms with Crippen LogP contribution >= 0.6 is 0 Å². The second-order valence-corrected chi connectivity index (χ2v) is 13.3. The molecule has 13 heteroatoms. The molecule has 4 heterocycles. The third-order valence-corrected chi connectivity index (χ3v) is 9.94. The molecule has 2 saturated heterocycles. The van der Waals surface area contributed by atoms with E-state index in [-0.39, 0.29) is 25.5 Å². The lowest BCUT2D eigenvalue weighted by Crippen LogP contribution is -2.50. The van der Waals surface area contributed by atoms with Gasteiger partial charge < -0.3 is 38.5 Å². The van der Waals surface area contributed by atoms with Crippen LogP contribution in [0.25, 0.3) is 10.8 Å². The van der Waals surface area contributed by atoms with Gasteiger partial charge in [-0.15, -0.1) is 0 Å². The van der Waals surface area contributed by atoms with E-state index in [1.807, 2.05) is 36.4 Å². The third-order valence-electron chi connectivity index (χ3n) is 9.94. The van der Waals surface area contributed by atoms with Crippen molar-refractivity contribution in [3.8, 4) is 5.75 Å². The highest BCUT2D eigenvalue weighted by molar-refractivity contribution is 5.96. The number of carbonyl (C=O) groups is 2. The Bertz CT molecular complexity index is 1840. The number of benzene rings is 3. The minimum absolute atomic E-state index is 0.176. The number of hydrogen-bond acceptors (Lipinski definition) is 12. The Balaban J connectivity index is 1.12. The van der Waals surface area contributed by atoms with Crippen LogP contribution in [0.1, 0.15) is 23.7 Å². The first kappa shape index (κ1) is 35.3. The Kier molecular flexibility index (Phi) is 11.2. The smallest absolute Gasteiger partial charge is 0.410 e. The summed E-state index contributed by atoms with van der Waals surface area (Å²) >= 11 is 0. The number of rotatable bonds is 11. The van der Waals surface area contributed by atoms with Crippen molar-refractivity contribution in [1.82, 2.24) is 19.8 Å². The molecule has 0 spiro atoms. The quantitative estimate of drug-likeness (QED) is 0.163. The standard InChI is InChI=1S/C39H47N7O6/c1-29(47)50-23-22-42-14-16-44(17-15-42)38-40-35-26-46(36-25-32(52-28-49-2)24-31-10-6-7-11-33(31)36)13-12-34(35)37(41-38)43-18-20-45(21-19-43)39(48)51-27-30-8-4-3-5-9-30/h3-11,24-25H,12-23,26-28H2,1-2H3. The summed E-state index contributed by atoms with van der Waals surface area (Å²) in [5.41, 5.74) is 4.24. The van der Waals surface area contributed by atoms with E-state index in [1.54, 1.807) is 12.0 Å². The van der Waals surface area contributed by atoms with E-state index in [9.17, 15) is 9.59 Å². The van der Waals surface area contributed by atoms with Gasteiger partial charge in [-0.1, -0.05) is 54.6 Å². The van der Waals surface area contributed by atoms with Crippen LogP contribution < -0.4 is 19.4 Å². The van der Waals surface area contributed by atoms with E-state index >= 15 is 0 Å². The molecule has 52 heavy (non-hydrogen) atoms. The van der Waals surface area contributed by atoms with Crippen molar-refractivity contribution in [2.45, 2.75) is 26.5 Å². The first-order valence-electron chi connectivity index (χ1n) is 18.1. The maximum atomic E-state index is 13.0. The topological polar surface area (TPSA) is 113 Å². The molecule has 0 N–H and O–H groups in total. The zero-order chi connectivity index (χ0) is 35.9. The summed E-state index contributed by atoms with van der Waals surface area (Å²) in [6.45, 7) is 10.0. The van der Waals surface area contributed by atoms with Crippen LogP contribution in [0.3, 0.4) is 0 Å². The lowest BCUT2D eigenvalue weighted by atomic mass is 10.0. The summed E-state index contributed by atoms with van der Waals surface area (Å²) < 4.78 is 21.9. The van der Waals surface area contributed by atoms with Gasteiger partial charge in [-0.25, -0.2) is 9.78 Å². The zero-order valence-corrected chi connectivity index (χ0v) is 30.0. The fraction of sp³-hybridized carbons (Fsp3) is 0.436. The average molecular weight is 710 g/mol. The number of fused-ring (bicyclic) bond motifs is 2. The molecule has 0 aliphatic carbocycles. The van der Waals surface area contributed by atoms with Crippen LogP contribution in [-0.4, -0.2) is 118 Å². The van der Waals surface area contributed by atoms with Crippen molar-refractivity contribution in [3.05, 3.63) is 83.6 Å². The van der Waals surface area contributed by atoms with Crippen molar-refractivity contribution in [1.29, 1.82) is 0 Å². The van der Waals surface area contributed by atoms with Crippen LogP contribution in [0.5, 0.6) is 5.75 Å². The highest BCUT2D eigenvalue weighted by atomic mass is 16.7. The Morgan fingerprint density at radius 2 is 1.54 bits per heavy atom. The summed E-state index contributed by atoms with van der Waals surface area (Å²) in [7, 11) is 1.62. The van der Waals surface area contributed by atoms with Gasteiger partial charge in [-0.3, -0.25) is 9.69 Å². The SMILES string of the molecule is COCOc1cc(N2CCc3c(nc(N4CCN(CCOC(C)=O)CC4)nc3N3CCN(C(=O)OCc4ccccc4)CC3)C2)c2ccccc2c1. The van der Waals surface area contributed by atoms with Crippen LogP contribution in [0, 0.1) is 0 Å². The highest BCUT2D eigenvalue weighted by Crippen LogP contribution is 2.37. The lowest BCUT2D eigenvalue weighted by molar-refractivity contribution is -0.141. The first-order valence-corrected chi connectivity index (χ1v) is 18.1. The van der Waals surface area contributed by atoms with Crippen molar-refractivity contribution < 1.29 is 28.5 Å². The van der Waals surface area contributed by atoms with Crippen LogP contribution in [0.15, 0.2) is 66.7 Å². The van der Waals surface area contributed by atoms with Gasteiger partial charge in [-0.2, -0.15) is 4.98 Å². The molecule has 2 fully saturated rings. The summed E-state index contributed by atoms with van der Waals surface area (Å²) in [5.74, 6) is 2.19. The molecular formula is C39H47N7O6. The van der Waals surface area contributed by atoms with Crippen molar-refractivity contribution >= 4 is 40.3 Å². The number of piperazine rings is 2. The van der Waals surface area contributed by atoms with E-state index in [4.69, 9.17) is 28.9 Å². The molecule has 0 atom stereocenters. The van der Waals surface area contributed by atoms with Gasteiger partial charge in [0.05, 0.1) is 12.2 Å². The van der Waals surface area contributed by atoms with Gasteiger partial charge in [0.2, 0.25) is 5.95 Å². The summed E-state index contributed by atoms with van der Waals surface area (Å²) in [6.07, 6.45) is 0.492. The Morgan fingerprint density at radius 1 is 0.788 bits per heavy atom. The number of esters is 1. The molecule has 0 saturated carbocycles. The number of anilines is 3. The van der Waals surface area contributed by atoms with Crippen molar-refractivity contribution in [2.24, 2.45) is 0 Å². The molecule has 13 nitrogen and oxygen atoms in total. The molecule has 0 bridgehead atoms. The van der Waals surface area contributed by atoms with Crippen molar-refractivity contribution in [2.75, 3.05) is 101 Å². The van der Waals surface area contributed by atoms with Gasteiger partial charge in [0.1, 0.15) is 24.8 Å². The number of nitrogens with zero attached hydrogens (tertiary/aromatic N) is 7. The third kappa shape index (κ3) is 8.32. The molecule has 3 aliphatic rings. The Labute approximate surface area is 304 Å². The van der Waals surface area contributed by atoms with E-state index in [0.29, 0.717) is 45.9 Å². The first-order chi connectivity index (χ1) is 25.4. The minimum atomic E-state index is -0.292. The van der Waals surface area contributed by atoms with Gasteiger partial charge in [-0.05, 0) is 23.4 Å². The second-order valence-electron chi connectivity index (χ2n) is 13.3. The zero-order valence-electron chi connectivity index (χ0n) is 30.0. The van der Waals surface area contributed by atoms with Gasteiger partial charge in [0, 0.05) is 102 Å². The molecule has 1 aromatic heterocycles. The lowest BCUT2D eigenvalue weighted by Gasteiger charge is -2.39. The molecular weight excluding hydrogens is 662 g/mol. The highest BCUT2D eigenvalue weighted by Gasteiger charge is 2.31. The number of hydrogen-bond donors (Lipinski definition) is 0. The van der Waals surface area contributed by atoms with Gasteiger partial charge in [0.25, 0.3) is 0 Å². The maximum absolute atomic E-state index is 13.0. The molecule has 7 rings (SSSR count). The summed E-state index contributed by atoms with van der Waals surface area (Å²) in [5, 5.41) is 2.26. The van der Waals surface area contributed by atoms with E-state index in [1.165, 1.54) is 6.92 Å². The van der Waals surface area contributed by atoms with E-state index < -0.39 is 0 Å². The van der Waals surface area contributed by atoms with Gasteiger partial charge >= 0.3 is 12.1 Å². The molecule has 1 amide bonds. The molecule has 3 aliphatic heterocycles. The summed E-state index contributed by atoms with van der Waals surface area (Å²) in [4.78, 5) is 45.8. The Morgan fingerprint density at radius 3 is 2.31 bits per heavy atom. The van der Waals surface area contributed by atoms with Crippen LogP contribution in [0.4, 0.5) is 22.2 Å². The van der Waals surface area contributed by atoms with E-state index in [2.05, 4.69) is 49.9 Å². The fourth-order valence-electron chi connectivity index (χ4n) is 7.14. The van der Waals surface area contributed by atoms with Crippen LogP contribution in [0.2, 0.25) is 0 Å². The fourth-order valence-corrected chi connectivity index (χ4v) is 7.14. The molecule has 3 aromatic carbocycles. The summed E-state index contributed by atoms with van der Waals surface area (Å²) in [6, 6.07) is 22.3. The second kappa shape index (κ2) is 16.5. The minimum Gasteiger partial charge on any atom is -0.467 e. The predicted octanol–water partition coefficient (Wildman–Crippen LogP) is 4.32. The molecule has 0 radical (unpaired) electrons. The number of methoxy groups -OCH3 is 1. The molecule has 0 unspecified atom stereocenters. The number of aromatic nitrogens is 2. The number of ether oxygens (including phenoxy) is 4. The van der Waals surface area contributed by atoms with Gasteiger partial charge in [0.15, 0.2) is 6.79 Å². The largest absolute Gasteiger partial charge is 0.467 e. The van der Waals surface area contributed by atoms with Crippen LogP contribution in [-0.2, 0) is 38.6 Å². The average Bonchev–Trinajstić information content (AvgIpc) is 3.18. The number of amides is 1. The molecule has 4 aromatic rings. The maximum Gasteiger partial charge on any atom is 0.410 e. The Hall–Kier alpha value is -5.14.